The van der Waals surface area contributed by atoms with E-state index in [0.717, 1.165) is 24.6 Å². The van der Waals surface area contributed by atoms with E-state index in [4.69, 9.17) is 17.0 Å². The quantitative estimate of drug-likeness (QED) is 0.628. The molecule has 6 heteroatoms. The van der Waals surface area contributed by atoms with Gasteiger partial charge >= 0.3 is 0 Å². The Labute approximate surface area is 104 Å². The highest BCUT2D eigenvalue weighted by molar-refractivity contribution is 7.80. The Morgan fingerprint density at radius 3 is 2.88 bits per heavy atom. The minimum absolute atomic E-state index is 0.0224. The zero-order valence-electron chi connectivity index (χ0n) is 9.43. The van der Waals surface area contributed by atoms with Crippen molar-refractivity contribution in [2.75, 3.05) is 25.6 Å². The molecule has 94 valence electrons. The molecular weight excluding hydrogens is 246 g/mol. The second-order valence-corrected chi connectivity index (χ2v) is 3.76. The molecule has 0 aliphatic rings. The fourth-order valence-corrected chi connectivity index (χ4v) is 1.39. The van der Waals surface area contributed by atoms with E-state index in [0.29, 0.717) is 13.2 Å². The summed E-state index contributed by atoms with van der Waals surface area (Å²) in [5.41, 5.74) is 0.0224. The van der Waals surface area contributed by atoms with Gasteiger partial charge in [0.1, 0.15) is 11.6 Å². The number of thiocarbonyl (C=S) groups is 1. The molecule has 0 amide bonds. The van der Waals surface area contributed by atoms with Crippen LogP contribution in [0.2, 0.25) is 0 Å². The lowest BCUT2D eigenvalue weighted by Gasteiger charge is -2.10. The summed E-state index contributed by atoms with van der Waals surface area (Å²) in [7, 11) is 1.61. The van der Waals surface area contributed by atoms with Crippen molar-refractivity contribution in [3.63, 3.8) is 0 Å². The van der Waals surface area contributed by atoms with Crippen LogP contribution in [0, 0.1) is 11.6 Å². The van der Waals surface area contributed by atoms with Gasteiger partial charge in [-0.05, 0) is 30.8 Å². The van der Waals surface area contributed by atoms with Crippen molar-refractivity contribution < 1.29 is 13.5 Å². The maximum Gasteiger partial charge on any atom is 0.170 e. The molecule has 0 saturated heterocycles. The Bertz CT molecular complexity index is 388. The smallest absolute Gasteiger partial charge is 0.170 e. The SMILES string of the molecule is COCCCNC(=S)Nc1cc(F)ccc1F. The molecule has 0 unspecified atom stereocenters. The number of halogens is 2. The molecule has 0 aromatic heterocycles. The number of methoxy groups -OCH3 is 1. The topological polar surface area (TPSA) is 33.3 Å². The summed E-state index contributed by atoms with van der Waals surface area (Å²) >= 11 is 4.94. The van der Waals surface area contributed by atoms with E-state index in [9.17, 15) is 8.78 Å². The van der Waals surface area contributed by atoms with Gasteiger partial charge in [-0.25, -0.2) is 8.78 Å². The Hall–Kier alpha value is -1.27. The molecule has 0 bridgehead atoms. The van der Waals surface area contributed by atoms with Crippen LogP contribution in [-0.4, -0.2) is 25.4 Å². The zero-order chi connectivity index (χ0) is 12.7. The number of ether oxygens (including phenoxy) is 1. The van der Waals surface area contributed by atoms with Crippen LogP contribution in [0.5, 0.6) is 0 Å². The van der Waals surface area contributed by atoms with Crippen molar-refractivity contribution in [1.82, 2.24) is 5.32 Å². The van der Waals surface area contributed by atoms with Crippen LogP contribution in [-0.2, 0) is 4.74 Å². The number of benzene rings is 1. The summed E-state index contributed by atoms with van der Waals surface area (Å²) in [4.78, 5) is 0. The summed E-state index contributed by atoms with van der Waals surface area (Å²) in [5, 5.41) is 5.71. The molecule has 17 heavy (non-hydrogen) atoms. The number of hydrogen-bond donors (Lipinski definition) is 2. The highest BCUT2D eigenvalue weighted by Gasteiger charge is 2.05. The average molecular weight is 260 g/mol. The highest BCUT2D eigenvalue weighted by atomic mass is 32.1. The number of rotatable bonds is 5. The van der Waals surface area contributed by atoms with Crippen molar-refractivity contribution in [2.45, 2.75) is 6.42 Å². The number of nitrogens with one attached hydrogen (secondary N) is 2. The second-order valence-electron chi connectivity index (χ2n) is 3.35. The van der Waals surface area contributed by atoms with E-state index in [1.807, 2.05) is 0 Å². The molecule has 0 heterocycles. The Kier molecular flexibility index (Phi) is 5.79. The molecule has 2 N–H and O–H groups in total. The van der Waals surface area contributed by atoms with Crippen LogP contribution in [0.4, 0.5) is 14.5 Å². The van der Waals surface area contributed by atoms with Gasteiger partial charge in [0.05, 0.1) is 5.69 Å². The lowest BCUT2D eigenvalue weighted by atomic mass is 10.3. The lowest BCUT2D eigenvalue weighted by Crippen LogP contribution is -2.30. The molecule has 0 aliphatic heterocycles. The number of anilines is 1. The summed E-state index contributed by atoms with van der Waals surface area (Å²) in [5.74, 6) is -1.07. The van der Waals surface area contributed by atoms with Gasteiger partial charge < -0.3 is 15.4 Å². The van der Waals surface area contributed by atoms with Crippen LogP contribution in [0.15, 0.2) is 18.2 Å². The Morgan fingerprint density at radius 1 is 1.41 bits per heavy atom. The second kappa shape index (κ2) is 7.13. The standard InChI is InChI=1S/C11H14F2N2OS/c1-16-6-2-5-14-11(17)15-10-7-8(12)3-4-9(10)13/h3-4,7H,2,5-6H2,1H3,(H2,14,15,17). The van der Waals surface area contributed by atoms with Gasteiger partial charge in [-0.2, -0.15) is 0 Å². The molecule has 0 saturated carbocycles. The predicted octanol–water partition coefficient (Wildman–Crippen LogP) is 2.29. The predicted molar refractivity (Wildman–Crippen MR) is 67.1 cm³/mol. The number of hydrogen-bond acceptors (Lipinski definition) is 2. The molecule has 3 nitrogen and oxygen atoms in total. The van der Waals surface area contributed by atoms with Crippen LogP contribution in [0.1, 0.15) is 6.42 Å². The third-order valence-corrected chi connectivity index (χ3v) is 2.23. The molecule has 0 atom stereocenters. The minimum atomic E-state index is -0.549. The fourth-order valence-electron chi connectivity index (χ4n) is 1.18. The van der Waals surface area contributed by atoms with Gasteiger partial charge in [-0.1, -0.05) is 0 Å². The third kappa shape index (κ3) is 5.06. The average Bonchev–Trinajstić information content (AvgIpc) is 2.29. The van der Waals surface area contributed by atoms with Crippen molar-refractivity contribution in [3.8, 4) is 0 Å². The van der Waals surface area contributed by atoms with E-state index in [2.05, 4.69) is 10.6 Å². The molecule has 0 aliphatic carbocycles. The first-order valence-corrected chi connectivity index (χ1v) is 5.53. The van der Waals surface area contributed by atoms with E-state index in [-0.39, 0.29) is 10.8 Å². The highest BCUT2D eigenvalue weighted by Crippen LogP contribution is 2.14. The fraction of sp³-hybridized carbons (Fsp3) is 0.364. The molecule has 1 aromatic carbocycles. The summed E-state index contributed by atoms with van der Waals surface area (Å²) < 4.78 is 31.0. The van der Waals surface area contributed by atoms with Gasteiger partial charge in [0.25, 0.3) is 0 Å². The maximum atomic E-state index is 13.2. The summed E-state index contributed by atoms with van der Waals surface area (Å²) in [6.07, 6.45) is 0.782. The van der Waals surface area contributed by atoms with Gasteiger partial charge in [-0.15, -0.1) is 0 Å². The van der Waals surface area contributed by atoms with Crippen LogP contribution < -0.4 is 10.6 Å². The Morgan fingerprint density at radius 2 is 2.18 bits per heavy atom. The molecule has 1 rings (SSSR count). The first kappa shape index (κ1) is 13.8. The van der Waals surface area contributed by atoms with E-state index in [1.54, 1.807) is 7.11 Å². The maximum absolute atomic E-state index is 13.2. The third-order valence-electron chi connectivity index (χ3n) is 1.99. The summed E-state index contributed by atoms with van der Waals surface area (Å²) in [6, 6.07) is 3.15. The van der Waals surface area contributed by atoms with Crippen LogP contribution in [0.25, 0.3) is 0 Å². The van der Waals surface area contributed by atoms with E-state index in [1.165, 1.54) is 0 Å². The minimum Gasteiger partial charge on any atom is -0.385 e. The molecule has 0 spiro atoms. The lowest BCUT2D eigenvalue weighted by molar-refractivity contribution is 0.196. The van der Waals surface area contributed by atoms with Crippen LogP contribution in [0.3, 0.4) is 0 Å². The normalized spacial score (nSPS) is 10.1. The Balaban J connectivity index is 2.42. The van der Waals surface area contributed by atoms with E-state index >= 15 is 0 Å². The molecule has 0 radical (unpaired) electrons. The van der Waals surface area contributed by atoms with Crippen LogP contribution >= 0.6 is 12.2 Å². The molecular formula is C11H14F2N2OS. The van der Waals surface area contributed by atoms with Crippen molar-refractivity contribution in [2.24, 2.45) is 0 Å². The van der Waals surface area contributed by atoms with Gasteiger partial charge in [0.2, 0.25) is 0 Å². The molecule has 1 aromatic rings. The van der Waals surface area contributed by atoms with Gasteiger partial charge in [0, 0.05) is 26.3 Å². The largest absolute Gasteiger partial charge is 0.385 e. The van der Waals surface area contributed by atoms with Crippen molar-refractivity contribution >= 4 is 23.0 Å². The van der Waals surface area contributed by atoms with Gasteiger partial charge in [-0.3, -0.25) is 0 Å². The molecule has 0 fully saturated rings. The van der Waals surface area contributed by atoms with E-state index < -0.39 is 11.6 Å². The monoisotopic (exact) mass is 260 g/mol. The van der Waals surface area contributed by atoms with Gasteiger partial charge in [0.15, 0.2) is 5.11 Å². The van der Waals surface area contributed by atoms with Crippen molar-refractivity contribution in [1.29, 1.82) is 0 Å². The first-order valence-electron chi connectivity index (χ1n) is 5.12. The first-order chi connectivity index (χ1) is 8.13. The zero-order valence-corrected chi connectivity index (χ0v) is 10.2. The summed E-state index contributed by atoms with van der Waals surface area (Å²) in [6.45, 7) is 1.22. The van der Waals surface area contributed by atoms with Crippen molar-refractivity contribution in [3.05, 3.63) is 29.8 Å².